The van der Waals surface area contributed by atoms with Gasteiger partial charge in [-0.15, -0.1) is 11.8 Å². The third-order valence-corrected chi connectivity index (χ3v) is 13.3. The molecule has 48 heavy (non-hydrogen) atoms. The van der Waals surface area contributed by atoms with Gasteiger partial charge in [0.15, 0.2) is 11.5 Å². The zero-order valence-electron chi connectivity index (χ0n) is 24.9. The summed E-state index contributed by atoms with van der Waals surface area (Å²) in [6.45, 7) is 0.172. The minimum atomic E-state index is -4.62. The number of nitrogens with one attached hydrogen (secondary N) is 1. The lowest BCUT2D eigenvalue weighted by atomic mass is 9.68. The Morgan fingerprint density at radius 1 is 0.958 bits per heavy atom. The number of rotatable bonds is 6. The van der Waals surface area contributed by atoms with Crippen LogP contribution in [0.4, 0.5) is 18.9 Å². The highest BCUT2D eigenvalue weighted by atomic mass is 35.5. The van der Waals surface area contributed by atoms with E-state index < -0.39 is 35.4 Å². The molecule has 1 saturated heterocycles. The molecule has 7 nitrogen and oxygen atoms in total. The lowest BCUT2D eigenvalue weighted by Crippen LogP contribution is -2.42. The summed E-state index contributed by atoms with van der Waals surface area (Å²) in [5.74, 6) is -2.05. The number of aromatic amines is 1. The van der Waals surface area contributed by atoms with Gasteiger partial charge in [-0.3, -0.25) is 19.3 Å². The van der Waals surface area contributed by atoms with Crippen molar-refractivity contribution in [3.63, 3.8) is 0 Å². The molecule has 5 unspecified atom stereocenters. The van der Waals surface area contributed by atoms with Crippen LogP contribution in [0.5, 0.6) is 11.5 Å². The van der Waals surface area contributed by atoms with Gasteiger partial charge < -0.3 is 14.5 Å². The largest absolute Gasteiger partial charge is 0.493 e. The van der Waals surface area contributed by atoms with Crippen molar-refractivity contribution in [3.8, 4) is 11.5 Å². The van der Waals surface area contributed by atoms with E-state index in [0.717, 1.165) is 49.4 Å². The number of aromatic nitrogens is 1. The standard InChI is InChI=1S/C34H25Cl2F3N2O5S2/c1-45-23-9-14(6-8-22(23)46-13-15-5-7-17(35)11-21(15)36)24-25-19-12-20(28(25)47-30-29(24)48-33(44)40-30)27-26(19)31(42)41(32(27)43)18-4-2-3-16(10-18)34(37,38)39/h2-11,19-20,24-28H,12-13H2,1H3,(H,40,44)/t19-,20-,24?,25?,26?,27?,28?/m1/s1. The second-order valence-corrected chi connectivity index (χ2v) is 15.5. The second kappa shape index (κ2) is 11.6. The Morgan fingerprint density at radius 2 is 1.73 bits per heavy atom. The average molecular weight is 734 g/mol. The maximum Gasteiger partial charge on any atom is 0.416 e. The van der Waals surface area contributed by atoms with E-state index in [2.05, 4.69) is 4.98 Å². The number of thioether (sulfide) groups is 1. The molecule has 14 heteroatoms. The molecule has 0 radical (unpaired) electrons. The monoisotopic (exact) mass is 732 g/mol. The van der Waals surface area contributed by atoms with Crippen molar-refractivity contribution in [3.05, 3.63) is 102 Å². The minimum absolute atomic E-state index is 0.0653. The maximum atomic E-state index is 14.0. The van der Waals surface area contributed by atoms with E-state index in [0.29, 0.717) is 28.0 Å². The number of methoxy groups -OCH3 is 1. The highest BCUT2D eigenvalue weighted by Crippen LogP contribution is 2.69. The number of H-pyrrole nitrogens is 1. The zero-order valence-corrected chi connectivity index (χ0v) is 28.1. The number of ether oxygens (including phenoxy) is 2. The number of nitrogens with zero attached hydrogens (tertiary/aromatic N) is 1. The Kier molecular flexibility index (Phi) is 7.66. The van der Waals surface area contributed by atoms with Crippen molar-refractivity contribution in [2.75, 3.05) is 12.0 Å². The van der Waals surface area contributed by atoms with E-state index in [1.807, 2.05) is 12.1 Å². The van der Waals surface area contributed by atoms with E-state index in [1.54, 1.807) is 24.3 Å². The Morgan fingerprint density at radius 3 is 2.46 bits per heavy atom. The van der Waals surface area contributed by atoms with Crippen molar-refractivity contribution in [2.45, 2.75) is 35.4 Å². The summed E-state index contributed by atoms with van der Waals surface area (Å²) in [4.78, 5) is 45.1. The lowest BCUT2D eigenvalue weighted by molar-refractivity contribution is -0.137. The molecule has 4 aliphatic rings. The summed E-state index contributed by atoms with van der Waals surface area (Å²) in [6.07, 6.45) is -3.98. The molecule has 8 rings (SSSR count). The third kappa shape index (κ3) is 4.97. The first-order valence-corrected chi connectivity index (χ1v) is 17.6. The van der Waals surface area contributed by atoms with Gasteiger partial charge in [-0.1, -0.05) is 52.7 Å². The van der Waals surface area contributed by atoms with E-state index in [4.69, 9.17) is 32.7 Å². The fourth-order valence-electron chi connectivity index (χ4n) is 8.26. The molecule has 2 saturated carbocycles. The number of benzene rings is 3. The molecule has 0 spiro atoms. The van der Waals surface area contributed by atoms with Crippen LogP contribution in [0.25, 0.3) is 0 Å². The quantitative estimate of drug-likeness (QED) is 0.202. The molecule has 3 heterocycles. The zero-order chi connectivity index (χ0) is 33.6. The lowest BCUT2D eigenvalue weighted by Gasteiger charge is -2.43. The molecule has 4 aromatic rings. The molecule has 7 atom stereocenters. The number of alkyl halides is 3. The summed E-state index contributed by atoms with van der Waals surface area (Å²) < 4.78 is 52.4. The highest BCUT2D eigenvalue weighted by Gasteiger charge is 2.69. The molecule has 2 aliphatic carbocycles. The second-order valence-electron chi connectivity index (χ2n) is 12.5. The van der Waals surface area contributed by atoms with Gasteiger partial charge in [0.1, 0.15) is 6.61 Å². The van der Waals surface area contributed by atoms with Gasteiger partial charge in [-0.2, -0.15) is 13.2 Å². The molecular formula is C34H25Cl2F3N2O5S2. The van der Waals surface area contributed by atoms with Gasteiger partial charge in [-0.05, 0) is 72.2 Å². The summed E-state index contributed by atoms with van der Waals surface area (Å²) in [6, 6.07) is 15.1. The normalized spacial score (nSPS) is 27.2. The highest BCUT2D eigenvalue weighted by molar-refractivity contribution is 8.00. The Labute approximate surface area is 290 Å². The number of imide groups is 1. The van der Waals surface area contributed by atoms with E-state index in [-0.39, 0.29) is 46.1 Å². The Hall–Kier alpha value is -3.45. The number of fused-ring (bicyclic) bond motifs is 9. The van der Waals surface area contributed by atoms with Crippen LogP contribution in [0.2, 0.25) is 10.0 Å². The van der Waals surface area contributed by atoms with Gasteiger partial charge in [0, 0.05) is 31.7 Å². The number of amides is 2. The number of hydrogen-bond acceptors (Lipinski definition) is 7. The smallest absolute Gasteiger partial charge is 0.416 e. The van der Waals surface area contributed by atoms with Crippen LogP contribution < -0.4 is 19.2 Å². The van der Waals surface area contributed by atoms with Gasteiger partial charge in [0.25, 0.3) is 0 Å². The molecule has 2 amide bonds. The van der Waals surface area contributed by atoms with Crippen molar-refractivity contribution < 1.29 is 32.2 Å². The average Bonchev–Trinajstić information content (AvgIpc) is 3.79. The summed E-state index contributed by atoms with van der Waals surface area (Å²) in [7, 11) is 1.54. The number of halogens is 5. The maximum absolute atomic E-state index is 14.0. The fraction of sp³-hybridized carbons (Fsp3) is 0.324. The molecule has 2 bridgehead atoms. The molecule has 248 valence electrons. The van der Waals surface area contributed by atoms with Crippen LogP contribution >= 0.6 is 46.3 Å². The van der Waals surface area contributed by atoms with Crippen LogP contribution in [-0.4, -0.2) is 29.2 Å². The Bertz CT molecular complexity index is 2050. The molecule has 2 aliphatic heterocycles. The molecular weight excluding hydrogens is 708 g/mol. The number of carbonyl (C=O) groups is 2. The Balaban J connectivity index is 1.14. The summed E-state index contributed by atoms with van der Waals surface area (Å²) >= 11 is 15.0. The first kappa shape index (κ1) is 31.8. The molecule has 3 fully saturated rings. The van der Waals surface area contributed by atoms with Crippen LogP contribution in [0, 0.1) is 29.6 Å². The van der Waals surface area contributed by atoms with E-state index in [9.17, 15) is 27.6 Å². The van der Waals surface area contributed by atoms with Crippen LogP contribution in [0.3, 0.4) is 0 Å². The third-order valence-electron chi connectivity index (χ3n) is 10.1. The van der Waals surface area contributed by atoms with Crippen molar-refractivity contribution >= 4 is 63.8 Å². The van der Waals surface area contributed by atoms with Gasteiger partial charge in [0.05, 0.1) is 35.2 Å². The van der Waals surface area contributed by atoms with Gasteiger partial charge in [-0.25, -0.2) is 0 Å². The fourth-order valence-corrected chi connectivity index (χ4v) is 11.6. The SMILES string of the molecule is COc1cc(C2c3sc(=O)[nH]c3SC3C2[C@H]2C[C@@H]3C3C(=O)N(c4cccc(C(F)(F)F)c4)C(=O)C32)ccc1OCc1ccc(Cl)cc1Cl. The summed E-state index contributed by atoms with van der Waals surface area (Å²) in [5, 5.41) is 1.63. The molecule has 1 N–H and O–H groups in total. The topological polar surface area (TPSA) is 88.7 Å². The number of thiazole rings is 1. The van der Waals surface area contributed by atoms with Crippen molar-refractivity contribution in [1.29, 1.82) is 0 Å². The molecule has 1 aromatic heterocycles. The van der Waals surface area contributed by atoms with E-state index in [1.165, 1.54) is 31.0 Å². The predicted octanol–water partition coefficient (Wildman–Crippen LogP) is 8.03. The van der Waals surface area contributed by atoms with E-state index >= 15 is 0 Å². The minimum Gasteiger partial charge on any atom is -0.493 e. The van der Waals surface area contributed by atoms with Gasteiger partial charge >= 0.3 is 11.0 Å². The van der Waals surface area contributed by atoms with Crippen LogP contribution in [0.15, 0.2) is 70.5 Å². The van der Waals surface area contributed by atoms with Crippen molar-refractivity contribution in [1.82, 2.24) is 4.98 Å². The first-order chi connectivity index (χ1) is 22.9. The number of anilines is 1. The van der Waals surface area contributed by atoms with Crippen LogP contribution in [-0.2, 0) is 22.4 Å². The first-order valence-electron chi connectivity index (χ1n) is 15.1. The number of carbonyl (C=O) groups excluding carboxylic acids is 2. The van der Waals surface area contributed by atoms with Gasteiger partial charge in [0.2, 0.25) is 11.8 Å². The van der Waals surface area contributed by atoms with Crippen LogP contribution in [0.1, 0.15) is 33.9 Å². The van der Waals surface area contributed by atoms with Crippen molar-refractivity contribution in [2.24, 2.45) is 29.6 Å². The molecule has 3 aromatic carbocycles. The number of hydrogen-bond donors (Lipinski definition) is 1. The predicted molar refractivity (Wildman–Crippen MR) is 176 cm³/mol. The summed E-state index contributed by atoms with van der Waals surface area (Å²) in [5.41, 5.74) is 0.624.